The van der Waals surface area contributed by atoms with Crippen LogP contribution in [0.3, 0.4) is 0 Å². The summed E-state index contributed by atoms with van der Waals surface area (Å²) in [5, 5.41) is 10.4. The summed E-state index contributed by atoms with van der Waals surface area (Å²) < 4.78 is 5.63. The van der Waals surface area contributed by atoms with Crippen LogP contribution in [0.1, 0.15) is 16.1 Å². The molecule has 0 unspecified atom stereocenters. The molecule has 0 aliphatic carbocycles. The van der Waals surface area contributed by atoms with Gasteiger partial charge in [0.1, 0.15) is 12.0 Å². The van der Waals surface area contributed by atoms with Gasteiger partial charge in [0.2, 0.25) is 0 Å². The zero-order chi connectivity index (χ0) is 14.8. The minimum Gasteiger partial charge on any atom is -0.459 e. The van der Waals surface area contributed by atoms with Gasteiger partial charge in [-0.1, -0.05) is 35.9 Å². The fourth-order valence-electron chi connectivity index (χ4n) is 2.32. The third-order valence-electron chi connectivity index (χ3n) is 3.36. The maximum absolute atomic E-state index is 10.7. The van der Waals surface area contributed by atoms with E-state index in [9.17, 15) is 4.79 Å². The van der Waals surface area contributed by atoms with Gasteiger partial charge in [0, 0.05) is 17.4 Å². The van der Waals surface area contributed by atoms with Crippen molar-refractivity contribution in [3.05, 3.63) is 58.8 Å². The van der Waals surface area contributed by atoms with Gasteiger partial charge in [-0.15, -0.1) is 0 Å². The van der Waals surface area contributed by atoms with Crippen molar-refractivity contribution in [2.24, 2.45) is 0 Å². The van der Waals surface area contributed by atoms with Gasteiger partial charge in [-0.05, 0) is 29.3 Å². The first-order valence-electron chi connectivity index (χ1n) is 6.59. The molecule has 0 fully saturated rings. The van der Waals surface area contributed by atoms with Crippen LogP contribution in [0, 0.1) is 0 Å². The van der Waals surface area contributed by atoms with Crippen molar-refractivity contribution in [3.63, 3.8) is 0 Å². The van der Waals surface area contributed by atoms with Crippen LogP contribution in [-0.2, 0) is 6.42 Å². The molecule has 4 heteroatoms. The molecule has 0 radical (unpaired) electrons. The first-order valence-corrected chi connectivity index (χ1v) is 6.97. The summed E-state index contributed by atoms with van der Waals surface area (Å²) in [4.78, 5) is 10.7. The summed E-state index contributed by atoms with van der Waals surface area (Å²) >= 11 is 6.27. The average Bonchev–Trinajstić information content (AvgIpc) is 2.91. The predicted octanol–water partition coefficient (Wildman–Crippen LogP) is 4.10. The second-order valence-electron chi connectivity index (χ2n) is 4.80. The van der Waals surface area contributed by atoms with E-state index >= 15 is 0 Å². The lowest BCUT2D eigenvalue weighted by molar-refractivity contribution is 0.112. The zero-order valence-corrected chi connectivity index (χ0v) is 11.9. The second kappa shape index (κ2) is 5.72. The minimum absolute atomic E-state index is 0.0391. The first kappa shape index (κ1) is 13.9. The van der Waals surface area contributed by atoms with E-state index in [1.54, 1.807) is 12.1 Å². The smallest absolute Gasteiger partial charge is 0.152 e. The topological polar surface area (TPSA) is 50.4 Å². The number of hydrogen-bond donors (Lipinski definition) is 1. The number of aliphatic hydroxyl groups excluding tert-OH is 1. The molecule has 0 amide bonds. The molecule has 106 valence electrons. The summed E-state index contributed by atoms with van der Waals surface area (Å²) in [6, 6.07) is 13.0. The van der Waals surface area contributed by atoms with Crippen LogP contribution in [0.4, 0.5) is 0 Å². The van der Waals surface area contributed by atoms with Crippen LogP contribution in [0.25, 0.3) is 22.1 Å². The van der Waals surface area contributed by atoms with Crippen molar-refractivity contribution in [1.29, 1.82) is 0 Å². The van der Waals surface area contributed by atoms with Gasteiger partial charge in [0.05, 0.1) is 11.6 Å². The maximum atomic E-state index is 10.7. The number of carbonyl (C=O) groups excluding carboxylic acids is 1. The molecule has 1 aromatic heterocycles. The number of aliphatic hydroxyl groups is 1. The van der Waals surface area contributed by atoms with Gasteiger partial charge in [-0.3, -0.25) is 4.79 Å². The van der Waals surface area contributed by atoms with Crippen molar-refractivity contribution in [2.75, 3.05) is 6.61 Å². The summed E-state index contributed by atoms with van der Waals surface area (Å²) in [6.45, 7) is 0.0391. The van der Waals surface area contributed by atoms with Crippen LogP contribution in [0.2, 0.25) is 5.02 Å². The maximum Gasteiger partial charge on any atom is 0.152 e. The van der Waals surface area contributed by atoms with Gasteiger partial charge in [-0.25, -0.2) is 0 Å². The Kier molecular flexibility index (Phi) is 3.78. The second-order valence-corrected chi connectivity index (χ2v) is 5.21. The van der Waals surface area contributed by atoms with Crippen molar-refractivity contribution < 1.29 is 14.3 Å². The molecule has 2 aromatic carbocycles. The van der Waals surface area contributed by atoms with Crippen molar-refractivity contribution in [3.8, 4) is 11.1 Å². The fraction of sp³-hybridized carbons (Fsp3) is 0.118. The molecule has 3 aromatic rings. The molecule has 0 spiro atoms. The standard InChI is InChI=1S/C17H13ClO3/c18-16-9-13(12-3-1-11(10-20)2-4-12)7-14-8-15(5-6-19)21-17(14)16/h1-4,7-10,19H,5-6H2. The van der Waals surface area contributed by atoms with Crippen LogP contribution < -0.4 is 0 Å². The van der Waals surface area contributed by atoms with Gasteiger partial charge >= 0.3 is 0 Å². The lowest BCUT2D eigenvalue weighted by atomic mass is 10.0. The van der Waals surface area contributed by atoms with Crippen LogP contribution in [0.5, 0.6) is 0 Å². The molecule has 0 aliphatic heterocycles. The van der Waals surface area contributed by atoms with Crippen LogP contribution in [-0.4, -0.2) is 18.0 Å². The SMILES string of the molecule is O=Cc1ccc(-c2cc(Cl)c3oc(CCO)cc3c2)cc1. The number of carbonyl (C=O) groups is 1. The number of fused-ring (bicyclic) bond motifs is 1. The molecule has 21 heavy (non-hydrogen) atoms. The van der Waals surface area contributed by atoms with Crippen molar-refractivity contribution in [1.82, 2.24) is 0 Å². The molecule has 0 saturated carbocycles. The van der Waals surface area contributed by atoms with Gasteiger partial charge in [-0.2, -0.15) is 0 Å². The molecule has 0 bridgehead atoms. The average molecular weight is 301 g/mol. The van der Waals surface area contributed by atoms with Gasteiger partial charge in [0.15, 0.2) is 5.58 Å². The molecule has 1 heterocycles. The third-order valence-corrected chi connectivity index (χ3v) is 3.64. The highest BCUT2D eigenvalue weighted by Gasteiger charge is 2.10. The lowest BCUT2D eigenvalue weighted by Gasteiger charge is -2.03. The molecular formula is C17H13ClO3. The van der Waals surface area contributed by atoms with E-state index in [2.05, 4.69) is 0 Å². The molecule has 3 rings (SSSR count). The Morgan fingerprint density at radius 3 is 2.52 bits per heavy atom. The first-order chi connectivity index (χ1) is 10.2. The quantitative estimate of drug-likeness (QED) is 0.738. The number of aldehydes is 1. The number of rotatable bonds is 4. The Balaban J connectivity index is 2.07. The summed E-state index contributed by atoms with van der Waals surface area (Å²) in [5.41, 5.74) is 3.21. The van der Waals surface area contributed by atoms with E-state index in [1.807, 2.05) is 30.3 Å². The highest BCUT2D eigenvalue weighted by Crippen LogP contribution is 2.33. The summed E-state index contributed by atoms with van der Waals surface area (Å²) in [6.07, 6.45) is 1.28. The van der Waals surface area contributed by atoms with E-state index in [0.29, 0.717) is 28.4 Å². The highest BCUT2D eigenvalue weighted by atomic mass is 35.5. The Morgan fingerprint density at radius 1 is 1.10 bits per heavy atom. The lowest BCUT2D eigenvalue weighted by Crippen LogP contribution is -1.85. The van der Waals surface area contributed by atoms with Crippen LogP contribution in [0.15, 0.2) is 46.9 Å². The van der Waals surface area contributed by atoms with Gasteiger partial charge in [0.25, 0.3) is 0 Å². The fourth-order valence-corrected chi connectivity index (χ4v) is 2.58. The molecule has 1 N–H and O–H groups in total. The summed E-state index contributed by atoms with van der Waals surface area (Å²) in [5.74, 6) is 0.711. The number of benzene rings is 2. The van der Waals surface area contributed by atoms with Crippen molar-refractivity contribution >= 4 is 28.9 Å². The Labute approximate surface area is 126 Å². The number of halogens is 1. The van der Waals surface area contributed by atoms with E-state index in [-0.39, 0.29) is 6.61 Å². The molecule has 0 saturated heterocycles. The molecular weight excluding hydrogens is 288 g/mol. The number of hydrogen-bond acceptors (Lipinski definition) is 3. The van der Waals surface area contributed by atoms with E-state index in [1.165, 1.54) is 0 Å². The number of furan rings is 1. The Hall–Kier alpha value is -2.10. The summed E-state index contributed by atoms with van der Waals surface area (Å²) in [7, 11) is 0. The van der Waals surface area contributed by atoms with Crippen molar-refractivity contribution in [2.45, 2.75) is 6.42 Å². The molecule has 0 atom stereocenters. The molecule has 3 nitrogen and oxygen atoms in total. The highest BCUT2D eigenvalue weighted by molar-refractivity contribution is 6.35. The van der Waals surface area contributed by atoms with E-state index in [4.69, 9.17) is 21.1 Å². The minimum atomic E-state index is 0.0391. The monoisotopic (exact) mass is 300 g/mol. The normalized spacial score (nSPS) is 11.0. The molecule has 0 aliphatic rings. The zero-order valence-electron chi connectivity index (χ0n) is 11.2. The van der Waals surface area contributed by atoms with E-state index in [0.717, 1.165) is 22.8 Å². The predicted molar refractivity (Wildman–Crippen MR) is 82.8 cm³/mol. The third kappa shape index (κ3) is 2.71. The van der Waals surface area contributed by atoms with Gasteiger partial charge < -0.3 is 9.52 Å². The largest absolute Gasteiger partial charge is 0.459 e. The Morgan fingerprint density at radius 2 is 1.86 bits per heavy atom. The Bertz CT molecular complexity index is 788. The van der Waals surface area contributed by atoms with Crippen LogP contribution >= 0.6 is 11.6 Å². The van der Waals surface area contributed by atoms with E-state index < -0.39 is 0 Å².